The van der Waals surface area contributed by atoms with Gasteiger partial charge in [-0.3, -0.25) is 0 Å². The summed E-state index contributed by atoms with van der Waals surface area (Å²) < 4.78 is 28.4. The third-order valence-corrected chi connectivity index (χ3v) is 6.28. The van der Waals surface area contributed by atoms with Gasteiger partial charge in [-0.2, -0.15) is 0 Å². The summed E-state index contributed by atoms with van der Waals surface area (Å²) >= 11 is 3.39. The second-order valence-corrected chi connectivity index (χ2v) is 8.17. The van der Waals surface area contributed by atoms with Crippen LogP contribution in [0.4, 0.5) is 0 Å². The molecule has 0 aromatic heterocycles. The van der Waals surface area contributed by atoms with Gasteiger partial charge in [-0.15, -0.1) is 0 Å². The van der Waals surface area contributed by atoms with E-state index in [1.54, 1.807) is 18.2 Å². The van der Waals surface area contributed by atoms with Crippen LogP contribution in [0, 0.1) is 6.92 Å². The number of halogens is 1. The van der Waals surface area contributed by atoms with Crippen LogP contribution in [-0.2, 0) is 10.0 Å². The molecule has 1 aromatic rings. The molecule has 0 aliphatic carbocycles. The second kappa shape index (κ2) is 9.01. The molecule has 1 aromatic carbocycles. The van der Waals surface area contributed by atoms with E-state index < -0.39 is 10.0 Å². The number of nitrogens with zero attached hydrogens (tertiary/aromatic N) is 1. The molecule has 0 heterocycles. The first kappa shape index (κ1) is 19.6. The largest absolute Gasteiger partial charge is 0.304 e. The topological polar surface area (TPSA) is 49.4 Å². The average molecular weight is 391 g/mol. The fourth-order valence-electron chi connectivity index (χ4n) is 2.34. The van der Waals surface area contributed by atoms with E-state index in [9.17, 15) is 8.42 Å². The molecule has 0 bridgehead atoms. The van der Waals surface area contributed by atoms with Gasteiger partial charge < -0.3 is 4.90 Å². The zero-order chi connectivity index (χ0) is 16.8. The van der Waals surface area contributed by atoms with Crippen molar-refractivity contribution in [3.63, 3.8) is 0 Å². The highest BCUT2D eigenvalue weighted by Crippen LogP contribution is 2.20. The average Bonchev–Trinajstić information content (AvgIpc) is 2.46. The minimum Gasteiger partial charge on any atom is -0.304 e. The molecule has 0 unspecified atom stereocenters. The lowest BCUT2D eigenvalue weighted by Crippen LogP contribution is -2.33. The maximum Gasteiger partial charge on any atom is 0.240 e. The number of sulfonamides is 1. The second-order valence-electron chi connectivity index (χ2n) is 5.60. The molecule has 0 amide bonds. The molecule has 0 spiro atoms. The highest BCUT2D eigenvalue weighted by atomic mass is 79.9. The van der Waals surface area contributed by atoms with Gasteiger partial charge in [0.05, 0.1) is 4.90 Å². The molecule has 0 radical (unpaired) electrons. The normalized spacial score (nSPS) is 13.5. The summed E-state index contributed by atoms with van der Waals surface area (Å²) in [5, 5.41) is 0. The quantitative estimate of drug-likeness (QED) is 0.701. The van der Waals surface area contributed by atoms with Crippen LogP contribution in [-0.4, -0.2) is 39.0 Å². The fourth-order valence-corrected chi connectivity index (χ4v) is 3.95. The molecule has 1 N–H and O–H groups in total. The zero-order valence-electron chi connectivity index (χ0n) is 13.9. The molecule has 1 atom stereocenters. The van der Waals surface area contributed by atoms with Gasteiger partial charge in [0.25, 0.3) is 0 Å². The van der Waals surface area contributed by atoms with Gasteiger partial charge in [-0.25, -0.2) is 13.1 Å². The summed E-state index contributed by atoms with van der Waals surface area (Å²) in [7, 11) is -3.45. The van der Waals surface area contributed by atoms with E-state index in [2.05, 4.69) is 39.4 Å². The first-order chi connectivity index (χ1) is 10.3. The summed E-state index contributed by atoms with van der Waals surface area (Å²) in [5.74, 6) is 0. The van der Waals surface area contributed by atoms with Crippen molar-refractivity contribution in [1.29, 1.82) is 0 Å². The Morgan fingerprint density at radius 3 is 2.45 bits per heavy atom. The third kappa shape index (κ3) is 5.99. The van der Waals surface area contributed by atoms with E-state index in [1.165, 1.54) is 0 Å². The van der Waals surface area contributed by atoms with E-state index in [-0.39, 0.29) is 6.04 Å². The van der Waals surface area contributed by atoms with E-state index in [4.69, 9.17) is 0 Å². The number of nitrogens with one attached hydrogen (secondary N) is 1. The molecular weight excluding hydrogens is 364 g/mol. The predicted octanol–water partition coefficient (Wildman–Crippen LogP) is 3.55. The summed E-state index contributed by atoms with van der Waals surface area (Å²) in [6, 6.07) is 5.02. The highest BCUT2D eigenvalue weighted by molar-refractivity contribution is 9.10. The Bertz CT molecular complexity index is 572. The number of benzene rings is 1. The van der Waals surface area contributed by atoms with Crippen LogP contribution < -0.4 is 4.72 Å². The molecular formula is C16H27BrN2O2S. The number of rotatable bonds is 9. The van der Waals surface area contributed by atoms with Gasteiger partial charge in [-0.1, -0.05) is 29.8 Å². The minimum absolute atomic E-state index is 0.0653. The standard InChI is InChI=1S/C16H27BrN2O2S/c1-5-19(6-2)11-7-8-14(4)18-22(20,21)15-9-10-16(17)13(3)12-15/h9-10,12,14,18H,5-8,11H2,1-4H3/t14-/m1/s1. The molecule has 4 nitrogen and oxygen atoms in total. The Balaban J connectivity index is 2.58. The highest BCUT2D eigenvalue weighted by Gasteiger charge is 2.18. The summed E-state index contributed by atoms with van der Waals surface area (Å²) in [6.45, 7) is 11.2. The SMILES string of the molecule is CCN(CC)CCC[C@@H](C)NS(=O)(=O)c1ccc(Br)c(C)c1. The lowest BCUT2D eigenvalue weighted by molar-refractivity contribution is 0.293. The summed E-state index contributed by atoms with van der Waals surface area (Å²) in [4.78, 5) is 2.67. The van der Waals surface area contributed by atoms with Crippen LogP contribution in [0.1, 0.15) is 39.2 Å². The van der Waals surface area contributed by atoms with Crippen molar-refractivity contribution < 1.29 is 8.42 Å². The van der Waals surface area contributed by atoms with Gasteiger partial charge in [-0.05, 0) is 70.1 Å². The number of aryl methyl sites for hydroxylation is 1. The fraction of sp³-hybridized carbons (Fsp3) is 0.625. The van der Waals surface area contributed by atoms with Crippen LogP contribution in [0.5, 0.6) is 0 Å². The van der Waals surface area contributed by atoms with Crippen LogP contribution in [0.25, 0.3) is 0 Å². The molecule has 6 heteroatoms. The van der Waals surface area contributed by atoms with E-state index >= 15 is 0 Å². The molecule has 22 heavy (non-hydrogen) atoms. The minimum atomic E-state index is -3.45. The predicted molar refractivity (Wildman–Crippen MR) is 95.7 cm³/mol. The maximum absolute atomic E-state index is 12.4. The molecule has 1 rings (SSSR count). The van der Waals surface area contributed by atoms with Crippen LogP contribution in [0.2, 0.25) is 0 Å². The third-order valence-electron chi connectivity index (χ3n) is 3.80. The monoisotopic (exact) mass is 390 g/mol. The first-order valence-electron chi connectivity index (χ1n) is 7.81. The molecule has 0 aliphatic heterocycles. The maximum atomic E-state index is 12.4. The van der Waals surface area contributed by atoms with Crippen molar-refractivity contribution in [3.8, 4) is 0 Å². The summed E-state index contributed by atoms with van der Waals surface area (Å²) in [5.41, 5.74) is 0.914. The van der Waals surface area contributed by atoms with Gasteiger partial charge in [0.15, 0.2) is 0 Å². The van der Waals surface area contributed by atoms with Crippen molar-refractivity contribution in [3.05, 3.63) is 28.2 Å². The van der Waals surface area contributed by atoms with Crippen molar-refractivity contribution in [2.45, 2.75) is 51.5 Å². The Morgan fingerprint density at radius 2 is 1.91 bits per heavy atom. The molecule has 0 saturated carbocycles. The van der Waals surface area contributed by atoms with Crippen LogP contribution in [0.3, 0.4) is 0 Å². The lowest BCUT2D eigenvalue weighted by atomic mass is 10.2. The molecule has 0 aliphatic rings. The van der Waals surface area contributed by atoms with Crippen LogP contribution in [0.15, 0.2) is 27.6 Å². The Hall–Kier alpha value is -0.430. The number of hydrogen-bond donors (Lipinski definition) is 1. The van der Waals surface area contributed by atoms with Gasteiger partial charge in [0, 0.05) is 10.5 Å². The van der Waals surface area contributed by atoms with Crippen molar-refractivity contribution in [1.82, 2.24) is 9.62 Å². The van der Waals surface area contributed by atoms with E-state index in [0.29, 0.717) is 4.90 Å². The Kier molecular flexibility index (Phi) is 8.03. The number of hydrogen-bond acceptors (Lipinski definition) is 3. The van der Waals surface area contributed by atoms with Gasteiger partial charge >= 0.3 is 0 Å². The lowest BCUT2D eigenvalue weighted by Gasteiger charge is -2.20. The first-order valence-corrected chi connectivity index (χ1v) is 10.1. The van der Waals surface area contributed by atoms with Crippen molar-refractivity contribution >= 4 is 26.0 Å². The van der Waals surface area contributed by atoms with E-state index in [1.807, 2.05) is 13.8 Å². The Morgan fingerprint density at radius 1 is 1.27 bits per heavy atom. The molecule has 0 fully saturated rings. The van der Waals surface area contributed by atoms with Crippen molar-refractivity contribution in [2.24, 2.45) is 0 Å². The van der Waals surface area contributed by atoms with Gasteiger partial charge in [0.2, 0.25) is 10.0 Å². The molecule has 0 saturated heterocycles. The van der Waals surface area contributed by atoms with Crippen molar-refractivity contribution in [2.75, 3.05) is 19.6 Å². The van der Waals surface area contributed by atoms with E-state index in [0.717, 1.165) is 42.5 Å². The van der Waals surface area contributed by atoms with Crippen LogP contribution >= 0.6 is 15.9 Å². The van der Waals surface area contributed by atoms with Gasteiger partial charge in [0.1, 0.15) is 0 Å². The zero-order valence-corrected chi connectivity index (χ0v) is 16.3. The smallest absolute Gasteiger partial charge is 0.240 e. The molecule has 126 valence electrons. The summed E-state index contributed by atoms with van der Waals surface area (Å²) in [6.07, 6.45) is 1.83. The Labute approximate surface area is 143 Å².